The first kappa shape index (κ1) is 10.8. The third-order valence-electron chi connectivity index (χ3n) is 1.97. The standard InChI is InChI=1S/C9H10N4O2S/c1-13-9(12-16(14)15)10-8(11-13)7-5-3-2-4-6-7/h2-6H,1H3,(H,14,15)(H,10,11,12)/p-1. The molecule has 2 rings (SSSR count). The molecule has 0 aliphatic heterocycles. The first-order valence-electron chi connectivity index (χ1n) is 4.49. The maximum Gasteiger partial charge on any atom is 0.232 e. The number of nitrogens with one attached hydrogen (secondary N) is 1. The monoisotopic (exact) mass is 237 g/mol. The summed E-state index contributed by atoms with van der Waals surface area (Å²) < 4.78 is 24.5. The van der Waals surface area contributed by atoms with E-state index in [0.717, 1.165) is 5.56 Å². The van der Waals surface area contributed by atoms with E-state index < -0.39 is 11.3 Å². The van der Waals surface area contributed by atoms with E-state index in [1.54, 1.807) is 7.05 Å². The van der Waals surface area contributed by atoms with Crippen molar-refractivity contribution in [2.24, 2.45) is 7.05 Å². The van der Waals surface area contributed by atoms with Gasteiger partial charge in [-0.3, -0.25) is 8.93 Å². The highest BCUT2D eigenvalue weighted by Crippen LogP contribution is 2.16. The molecule has 1 N–H and O–H groups in total. The summed E-state index contributed by atoms with van der Waals surface area (Å²) in [5.41, 5.74) is 0.836. The number of rotatable bonds is 3. The molecule has 0 spiro atoms. The van der Waals surface area contributed by atoms with Gasteiger partial charge in [0.25, 0.3) is 0 Å². The highest BCUT2D eigenvalue weighted by atomic mass is 32.2. The Morgan fingerprint density at radius 2 is 2.06 bits per heavy atom. The van der Waals surface area contributed by atoms with Gasteiger partial charge in [0, 0.05) is 23.9 Å². The van der Waals surface area contributed by atoms with Gasteiger partial charge in [-0.1, -0.05) is 30.3 Å². The maximum absolute atomic E-state index is 10.5. The van der Waals surface area contributed by atoms with Crippen LogP contribution in [0.1, 0.15) is 0 Å². The van der Waals surface area contributed by atoms with E-state index in [1.165, 1.54) is 4.68 Å². The lowest BCUT2D eigenvalue weighted by Gasteiger charge is -2.05. The Morgan fingerprint density at radius 1 is 1.38 bits per heavy atom. The van der Waals surface area contributed by atoms with E-state index in [2.05, 4.69) is 14.8 Å². The fourth-order valence-corrected chi connectivity index (χ4v) is 1.58. The summed E-state index contributed by atoms with van der Waals surface area (Å²) in [5.74, 6) is 0.670. The second-order valence-electron chi connectivity index (χ2n) is 3.09. The Morgan fingerprint density at radius 3 is 2.69 bits per heavy atom. The molecular formula is C9H9N4O2S-. The maximum atomic E-state index is 10.5. The van der Waals surface area contributed by atoms with Crippen LogP contribution in [0.25, 0.3) is 11.4 Å². The molecule has 0 saturated carbocycles. The zero-order valence-corrected chi connectivity index (χ0v) is 9.27. The summed E-state index contributed by atoms with van der Waals surface area (Å²) in [7, 11) is 1.62. The van der Waals surface area contributed by atoms with Crippen molar-refractivity contribution in [2.45, 2.75) is 0 Å². The largest absolute Gasteiger partial charge is 0.755 e. The summed E-state index contributed by atoms with van der Waals surface area (Å²) in [4.78, 5) is 4.07. The van der Waals surface area contributed by atoms with Gasteiger partial charge in [-0.2, -0.15) is 4.98 Å². The van der Waals surface area contributed by atoms with Gasteiger partial charge < -0.3 is 4.55 Å². The number of anilines is 1. The smallest absolute Gasteiger partial charge is 0.232 e. The van der Waals surface area contributed by atoms with Crippen LogP contribution in [-0.2, 0) is 18.3 Å². The predicted octanol–water partition coefficient (Wildman–Crippen LogP) is 0.688. The van der Waals surface area contributed by atoms with E-state index in [4.69, 9.17) is 0 Å². The molecular weight excluding hydrogens is 228 g/mol. The molecule has 0 saturated heterocycles. The topological polar surface area (TPSA) is 82.9 Å². The lowest BCUT2D eigenvalue weighted by molar-refractivity contribution is 0.541. The minimum atomic E-state index is -2.39. The summed E-state index contributed by atoms with van der Waals surface area (Å²) >= 11 is -2.39. The Bertz CT molecular complexity index is 511. The SMILES string of the molecule is Cn1nc(-c2ccccc2)nc1NS(=O)[O-]. The lowest BCUT2D eigenvalue weighted by atomic mass is 10.2. The number of hydrogen-bond acceptors (Lipinski definition) is 4. The van der Waals surface area contributed by atoms with E-state index in [9.17, 15) is 8.76 Å². The van der Waals surface area contributed by atoms with Crippen molar-refractivity contribution in [3.05, 3.63) is 30.3 Å². The molecule has 0 radical (unpaired) electrons. The summed E-state index contributed by atoms with van der Waals surface area (Å²) in [5, 5.41) is 4.10. The predicted molar refractivity (Wildman–Crippen MR) is 59.0 cm³/mol. The van der Waals surface area contributed by atoms with Gasteiger partial charge in [0.15, 0.2) is 5.82 Å². The van der Waals surface area contributed by atoms with Gasteiger partial charge in [0.05, 0.1) is 0 Å². The number of aromatic nitrogens is 3. The van der Waals surface area contributed by atoms with Gasteiger partial charge >= 0.3 is 0 Å². The molecule has 6 nitrogen and oxygen atoms in total. The van der Waals surface area contributed by atoms with Crippen molar-refractivity contribution in [1.82, 2.24) is 14.8 Å². The molecule has 1 aromatic heterocycles. The van der Waals surface area contributed by atoms with Crippen molar-refractivity contribution < 1.29 is 8.76 Å². The Balaban J connectivity index is 2.34. The summed E-state index contributed by atoms with van der Waals surface area (Å²) in [6, 6.07) is 9.33. The van der Waals surface area contributed by atoms with Crippen LogP contribution in [0, 0.1) is 0 Å². The zero-order chi connectivity index (χ0) is 11.5. The first-order valence-corrected chi connectivity index (χ1v) is 5.56. The van der Waals surface area contributed by atoms with Crippen LogP contribution < -0.4 is 4.72 Å². The number of benzene rings is 1. The third kappa shape index (κ3) is 2.26. The molecule has 1 aromatic carbocycles. The molecule has 0 bridgehead atoms. The van der Waals surface area contributed by atoms with Crippen LogP contribution in [0.4, 0.5) is 5.95 Å². The van der Waals surface area contributed by atoms with E-state index >= 15 is 0 Å². The highest BCUT2D eigenvalue weighted by molar-refractivity contribution is 7.80. The van der Waals surface area contributed by atoms with Crippen LogP contribution in [-0.4, -0.2) is 23.5 Å². The van der Waals surface area contributed by atoms with Crippen LogP contribution in [0.3, 0.4) is 0 Å². The molecule has 16 heavy (non-hydrogen) atoms. The zero-order valence-electron chi connectivity index (χ0n) is 8.45. The molecule has 7 heteroatoms. The average molecular weight is 237 g/mol. The van der Waals surface area contributed by atoms with Gasteiger partial charge in [-0.25, -0.2) is 4.68 Å². The van der Waals surface area contributed by atoms with E-state index in [1.807, 2.05) is 30.3 Å². The van der Waals surface area contributed by atoms with Gasteiger partial charge in [-0.05, 0) is 0 Å². The van der Waals surface area contributed by atoms with E-state index in [0.29, 0.717) is 5.82 Å². The van der Waals surface area contributed by atoms with Gasteiger partial charge in [0.2, 0.25) is 5.95 Å². The van der Waals surface area contributed by atoms with Crippen molar-refractivity contribution in [2.75, 3.05) is 4.72 Å². The van der Waals surface area contributed by atoms with Crippen molar-refractivity contribution in [1.29, 1.82) is 0 Å². The first-order chi connectivity index (χ1) is 7.66. The quantitative estimate of drug-likeness (QED) is 0.796. The third-order valence-corrected chi connectivity index (χ3v) is 2.32. The molecule has 1 unspecified atom stereocenters. The molecule has 84 valence electrons. The number of aryl methyl sites for hydroxylation is 1. The van der Waals surface area contributed by atoms with Crippen molar-refractivity contribution in [3.63, 3.8) is 0 Å². The van der Waals surface area contributed by atoms with Crippen molar-refractivity contribution in [3.8, 4) is 11.4 Å². The fourth-order valence-electron chi connectivity index (χ4n) is 1.26. The minimum absolute atomic E-state index is 0.187. The van der Waals surface area contributed by atoms with Gasteiger partial charge in [-0.15, -0.1) is 5.10 Å². The molecule has 2 aromatic rings. The molecule has 0 amide bonds. The number of hydrogen-bond donors (Lipinski definition) is 1. The van der Waals surface area contributed by atoms with Crippen LogP contribution in [0.15, 0.2) is 30.3 Å². The van der Waals surface area contributed by atoms with E-state index in [-0.39, 0.29) is 5.95 Å². The molecule has 1 heterocycles. The van der Waals surface area contributed by atoms with Crippen LogP contribution in [0.2, 0.25) is 0 Å². The normalized spacial score (nSPS) is 12.4. The second kappa shape index (κ2) is 4.42. The lowest BCUT2D eigenvalue weighted by Crippen LogP contribution is -2.07. The van der Waals surface area contributed by atoms with Crippen LogP contribution >= 0.6 is 0 Å². The van der Waals surface area contributed by atoms with Gasteiger partial charge in [0.1, 0.15) is 0 Å². The highest BCUT2D eigenvalue weighted by Gasteiger charge is 2.07. The summed E-state index contributed by atoms with van der Waals surface area (Å²) in [6.45, 7) is 0. The molecule has 0 aliphatic rings. The Hall–Kier alpha value is -1.73. The minimum Gasteiger partial charge on any atom is -0.755 e. The Labute approximate surface area is 94.7 Å². The molecule has 1 atom stereocenters. The van der Waals surface area contributed by atoms with Crippen LogP contribution in [0.5, 0.6) is 0 Å². The second-order valence-corrected chi connectivity index (χ2v) is 3.76. The number of nitrogens with zero attached hydrogens (tertiary/aromatic N) is 3. The van der Waals surface area contributed by atoms with Crippen molar-refractivity contribution >= 4 is 17.2 Å². The summed E-state index contributed by atoms with van der Waals surface area (Å²) in [6.07, 6.45) is 0. The Kier molecular flexibility index (Phi) is 2.97. The molecule has 0 fully saturated rings. The molecule has 0 aliphatic carbocycles. The average Bonchev–Trinajstić information content (AvgIpc) is 2.61. The fraction of sp³-hybridized carbons (Fsp3) is 0.111.